The van der Waals surface area contributed by atoms with Crippen molar-refractivity contribution in [2.45, 2.75) is 10.9 Å². The number of benzene rings is 1. The number of hydrogen-bond acceptors (Lipinski definition) is 5. The summed E-state index contributed by atoms with van der Waals surface area (Å²) in [4.78, 5) is 4.17. The van der Waals surface area contributed by atoms with Gasteiger partial charge in [-0.05, 0) is 17.7 Å². The van der Waals surface area contributed by atoms with Gasteiger partial charge in [0.15, 0.2) is 5.16 Å². The van der Waals surface area contributed by atoms with Crippen molar-refractivity contribution in [1.82, 2.24) is 14.8 Å². The van der Waals surface area contributed by atoms with E-state index in [1.165, 1.54) is 6.33 Å². The average molecular weight is 289 g/mol. The summed E-state index contributed by atoms with van der Waals surface area (Å²) < 4.78 is 6.99. The van der Waals surface area contributed by atoms with Crippen molar-refractivity contribution in [2.24, 2.45) is 7.05 Å². The van der Waals surface area contributed by atoms with Crippen LogP contribution in [0.3, 0.4) is 0 Å². The average Bonchev–Trinajstić information content (AvgIpc) is 2.88. The molecular weight excluding hydrogens is 274 g/mol. The second kappa shape index (κ2) is 6.98. The van der Waals surface area contributed by atoms with E-state index in [2.05, 4.69) is 21.9 Å². The first-order valence-electron chi connectivity index (χ1n) is 5.98. The zero-order chi connectivity index (χ0) is 14.4. The number of nitrogens with zero attached hydrogens (tertiary/aromatic N) is 3. The molecule has 2 aromatic rings. The van der Waals surface area contributed by atoms with Crippen molar-refractivity contribution in [3.05, 3.63) is 35.7 Å². The fourth-order valence-corrected chi connectivity index (χ4v) is 2.47. The third-order valence-corrected chi connectivity index (χ3v) is 3.71. The molecule has 0 amide bonds. The second-order valence-electron chi connectivity index (χ2n) is 3.95. The molecule has 0 aliphatic carbocycles. The number of ether oxygens (including phenoxy) is 1. The van der Waals surface area contributed by atoms with Gasteiger partial charge in [0.05, 0.1) is 12.7 Å². The Morgan fingerprint density at radius 2 is 2.30 bits per heavy atom. The molecule has 0 spiro atoms. The molecule has 104 valence electrons. The number of aromatic nitrogens is 3. The van der Waals surface area contributed by atoms with Crippen LogP contribution in [0.25, 0.3) is 0 Å². The summed E-state index contributed by atoms with van der Waals surface area (Å²) >= 11 is 1.60. The molecule has 0 saturated carbocycles. The van der Waals surface area contributed by atoms with Crippen molar-refractivity contribution in [3.8, 4) is 17.6 Å². The van der Waals surface area contributed by atoms with Crippen LogP contribution in [0.2, 0.25) is 0 Å². The maximum Gasteiger partial charge on any atom is 0.186 e. The largest absolute Gasteiger partial charge is 0.495 e. The Balaban J connectivity index is 2.14. The molecule has 0 bridgehead atoms. The first kappa shape index (κ1) is 14.4. The third-order valence-electron chi connectivity index (χ3n) is 2.60. The van der Waals surface area contributed by atoms with Crippen molar-refractivity contribution < 1.29 is 9.84 Å². The van der Waals surface area contributed by atoms with Crippen LogP contribution in [-0.4, -0.2) is 33.6 Å². The summed E-state index contributed by atoms with van der Waals surface area (Å²) in [6, 6.07) is 5.84. The zero-order valence-corrected chi connectivity index (χ0v) is 12.1. The minimum atomic E-state index is -0.166. The van der Waals surface area contributed by atoms with Gasteiger partial charge in [-0.15, -0.1) is 0 Å². The predicted molar refractivity (Wildman–Crippen MR) is 77.5 cm³/mol. The number of rotatable bonds is 4. The first-order valence-corrected chi connectivity index (χ1v) is 6.96. The normalized spacial score (nSPS) is 9.95. The van der Waals surface area contributed by atoms with Crippen LogP contribution in [0, 0.1) is 11.8 Å². The molecule has 1 aromatic carbocycles. The van der Waals surface area contributed by atoms with Crippen LogP contribution in [0.1, 0.15) is 11.1 Å². The van der Waals surface area contributed by atoms with Crippen molar-refractivity contribution >= 4 is 11.8 Å². The van der Waals surface area contributed by atoms with Gasteiger partial charge in [-0.1, -0.05) is 29.7 Å². The van der Waals surface area contributed by atoms with Crippen LogP contribution in [0.4, 0.5) is 0 Å². The fraction of sp³-hybridized carbons (Fsp3) is 0.286. The minimum Gasteiger partial charge on any atom is -0.495 e. The molecule has 0 radical (unpaired) electrons. The van der Waals surface area contributed by atoms with E-state index in [9.17, 15) is 0 Å². The number of methoxy groups -OCH3 is 1. The molecule has 6 heteroatoms. The monoisotopic (exact) mass is 289 g/mol. The molecule has 0 aliphatic heterocycles. The van der Waals surface area contributed by atoms with Gasteiger partial charge in [-0.3, -0.25) is 0 Å². The number of aliphatic hydroxyl groups is 1. The van der Waals surface area contributed by atoms with Gasteiger partial charge in [0.2, 0.25) is 0 Å². The van der Waals surface area contributed by atoms with E-state index in [0.717, 1.165) is 22.0 Å². The van der Waals surface area contributed by atoms with Gasteiger partial charge in [0, 0.05) is 12.8 Å². The van der Waals surface area contributed by atoms with Crippen LogP contribution < -0.4 is 4.74 Å². The number of aryl methyl sites for hydroxylation is 1. The topological polar surface area (TPSA) is 60.2 Å². The quantitative estimate of drug-likeness (QED) is 0.682. The molecule has 1 heterocycles. The number of aliphatic hydroxyl groups excluding tert-OH is 1. The fourth-order valence-electron chi connectivity index (χ4n) is 1.64. The standard InChI is InChI=1S/C14H15N3O2S/c1-17-14(15-10-16-17)20-9-11-5-6-13(19-2)12(8-11)4-3-7-18/h5-6,8,10,18H,7,9H2,1-2H3. The Morgan fingerprint density at radius 3 is 2.95 bits per heavy atom. The number of hydrogen-bond donors (Lipinski definition) is 1. The van der Waals surface area contributed by atoms with Gasteiger partial charge < -0.3 is 9.84 Å². The summed E-state index contributed by atoms with van der Waals surface area (Å²) in [6.07, 6.45) is 1.54. The maximum absolute atomic E-state index is 8.78. The summed E-state index contributed by atoms with van der Waals surface area (Å²) in [5, 5.41) is 13.7. The lowest BCUT2D eigenvalue weighted by Gasteiger charge is -2.06. The van der Waals surface area contributed by atoms with E-state index in [-0.39, 0.29) is 6.61 Å². The molecule has 2 rings (SSSR count). The molecular formula is C14H15N3O2S. The maximum atomic E-state index is 8.78. The summed E-state index contributed by atoms with van der Waals surface area (Å²) in [5.74, 6) is 7.00. The Morgan fingerprint density at radius 1 is 1.45 bits per heavy atom. The molecule has 0 unspecified atom stereocenters. The summed E-state index contributed by atoms with van der Waals surface area (Å²) in [6.45, 7) is -0.166. The van der Waals surface area contributed by atoms with E-state index in [1.54, 1.807) is 23.6 Å². The summed E-state index contributed by atoms with van der Waals surface area (Å²) in [5.41, 5.74) is 1.89. The highest BCUT2D eigenvalue weighted by molar-refractivity contribution is 7.98. The SMILES string of the molecule is COc1ccc(CSc2ncnn2C)cc1C#CCO. The molecule has 0 atom stereocenters. The molecule has 1 aromatic heterocycles. The highest BCUT2D eigenvalue weighted by atomic mass is 32.2. The Kier molecular flexibility index (Phi) is 5.04. The Labute approximate surface area is 122 Å². The molecule has 0 saturated heterocycles. The van der Waals surface area contributed by atoms with Crippen LogP contribution in [0.5, 0.6) is 5.75 Å². The first-order chi connectivity index (χ1) is 9.74. The lowest BCUT2D eigenvalue weighted by molar-refractivity contribution is 0.350. The van der Waals surface area contributed by atoms with Gasteiger partial charge in [-0.25, -0.2) is 9.67 Å². The molecule has 1 N–H and O–H groups in total. The Hall–Kier alpha value is -1.97. The van der Waals surface area contributed by atoms with E-state index in [4.69, 9.17) is 9.84 Å². The van der Waals surface area contributed by atoms with E-state index in [0.29, 0.717) is 5.75 Å². The van der Waals surface area contributed by atoms with Gasteiger partial charge in [0.1, 0.15) is 18.7 Å². The van der Waals surface area contributed by atoms with Crippen LogP contribution in [0.15, 0.2) is 29.7 Å². The van der Waals surface area contributed by atoms with Gasteiger partial charge in [-0.2, -0.15) is 5.10 Å². The van der Waals surface area contributed by atoms with E-state index < -0.39 is 0 Å². The van der Waals surface area contributed by atoms with Gasteiger partial charge >= 0.3 is 0 Å². The van der Waals surface area contributed by atoms with Gasteiger partial charge in [0.25, 0.3) is 0 Å². The lowest BCUT2D eigenvalue weighted by atomic mass is 10.1. The highest BCUT2D eigenvalue weighted by Gasteiger charge is 2.05. The van der Waals surface area contributed by atoms with E-state index in [1.807, 2.05) is 25.2 Å². The molecule has 20 heavy (non-hydrogen) atoms. The second-order valence-corrected chi connectivity index (χ2v) is 4.89. The third kappa shape index (κ3) is 3.53. The smallest absolute Gasteiger partial charge is 0.186 e. The van der Waals surface area contributed by atoms with Crippen molar-refractivity contribution in [3.63, 3.8) is 0 Å². The predicted octanol–water partition coefficient (Wildman–Crippen LogP) is 1.46. The molecule has 0 aliphatic rings. The lowest BCUT2D eigenvalue weighted by Crippen LogP contribution is -1.94. The van der Waals surface area contributed by atoms with Crippen LogP contribution >= 0.6 is 11.8 Å². The van der Waals surface area contributed by atoms with Crippen LogP contribution in [-0.2, 0) is 12.8 Å². The number of thioether (sulfide) groups is 1. The van der Waals surface area contributed by atoms with Crippen molar-refractivity contribution in [1.29, 1.82) is 0 Å². The molecule has 0 fully saturated rings. The minimum absolute atomic E-state index is 0.166. The molecule has 5 nitrogen and oxygen atoms in total. The zero-order valence-electron chi connectivity index (χ0n) is 11.3. The van der Waals surface area contributed by atoms with Crippen molar-refractivity contribution in [2.75, 3.05) is 13.7 Å². The Bertz CT molecular complexity index is 643. The van der Waals surface area contributed by atoms with E-state index >= 15 is 0 Å². The summed E-state index contributed by atoms with van der Waals surface area (Å²) in [7, 11) is 3.47. The highest BCUT2D eigenvalue weighted by Crippen LogP contribution is 2.24.